The van der Waals surface area contributed by atoms with Crippen molar-refractivity contribution in [1.29, 1.82) is 0 Å². The molecule has 0 bridgehead atoms. The van der Waals surface area contributed by atoms with Crippen LogP contribution < -0.4 is 5.73 Å². The fraction of sp³-hybridized carbons (Fsp3) is 0.444. The van der Waals surface area contributed by atoms with E-state index in [0.29, 0.717) is 5.82 Å². The Morgan fingerprint density at radius 3 is 2.55 bits per heavy atom. The molecule has 0 fully saturated rings. The van der Waals surface area contributed by atoms with Gasteiger partial charge >= 0.3 is 0 Å². The van der Waals surface area contributed by atoms with E-state index < -0.39 is 0 Å². The first-order valence-corrected chi connectivity index (χ1v) is 4.02. The van der Waals surface area contributed by atoms with Gasteiger partial charge in [-0.2, -0.15) is 0 Å². The predicted octanol–water partition coefficient (Wildman–Crippen LogP) is 1.79. The Kier molecular flexibility index (Phi) is 2.47. The number of pyridine rings is 1. The first-order valence-electron chi connectivity index (χ1n) is 4.02. The fourth-order valence-corrected chi connectivity index (χ4v) is 1.18. The van der Waals surface area contributed by atoms with Crippen molar-refractivity contribution in [3.05, 3.63) is 23.4 Å². The van der Waals surface area contributed by atoms with Gasteiger partial charge in [0.1, 0.15) is 5.82 Å². The van der Waals surface area contributed by atoms with Crippen LogP contribution in [0, 0.1) is 0 Å². The summed E-state index contributed by atoms with van der Waals surface area (Å²) in [4.78, 5) is 4.24. The van der Waals surface area contributed by atoms with Gasteiger partial charge < -0.3 is 5.73 Å². The van der Waals surface area contributed by atoms with E-state index in [1.165, 1.54) is 5.56 Å². The summed E-state index contributed by atoms with van der Waals surface area (Å²) in [5.74, 6) is 0.624. The molecule has 0 spiro atoms. The number of hydrogen-bond donors (Lipinski definition) is 1. The van der Waals surface area contributed by atoms with Crippen molar-refractivity contribution in [2.24, 2.45) is 0 Å². The largest absolute Gasteiger partial charge is 0.384 e. The third-order valence-corrected chi connectivity index (χ3v) is 1.81. The van der Waals surface area contributed by atoms with E-state index >= 15 is 0 Å². The van der Waals surface area contributed by atoms with Crippen molar-refractivity contribution in [1.82, 2.24) is 4.98 Å². The highest BCUT2D eigenvalue weighted by Gasteiger charge is 1.99. The van der Waals surface area contributed by atoms with Crippen molar-refractivity contribution in [3.63, 3.8) is 0 Å². The average molecular weight is 150 g/mol. The van der Waals surface area contributed by atoms with E-state index in [0.717, 1.165) is 18.5 Å². The summed E-state index contributed by atoms with van der Waals surface area (Å²) >= 11 is 0. The molecule has 1 heterocycles. The van der Waals surface area contributed by atoms with Crippen LogP contribution in [0.3, 0.4) is 0 Å². The second kappa shape index (κ2) is 3.37. The molecule has 0 atom stereocenters. The lowest BCUT2D eigenvalue weighted by Crippen LogP contribution is -1.98. The lowest BCUT2D eigenvalue weighted by molar-refractivity contribution is 0.969. The summed E-state index contributed by atoms with van der Waals surface area (Å²) in [6, 6.07) is 3.92. The van der Waals surface area contributed by atoms with E-state index in [4.69, 9.17) is 5.73 Å². The highest BCUT2D eigenvalue weighted by Crippen LogP contribution is 2.09. The van der Waals surface area contributed by atoms with Crippen molar-refractivity contribution < 1.29 is 0 Å². The Morgan fingerprint density at radius 2 is 2.00 bits per heavy atom. The number of aromatic nitrogens is 1. The molecule has 2 N–H and O–H groups in total. The molecule has 60 valence electrons. The average Bonchev–Trinajstić information content (AvgIpc) is 2.04. The second-order valence-corrected chi connectivity index (χ2v) is 2.55. The monoisotopic (exact) mass is 150 g/mol. The quantitative estimate of drug-likeness (QED) is 0.698. The Labute approximate surface area is 67.5 Å². The van der Waals surface area contributed by atoms with Gasteiger partial charge in [0, 0.05) is 5.69 Å². The topological polar surface area (TPSA) is 38.9 Å². The molecule has 0 aliphatic rings. The van der Waals surface area contributed by atoms with Crippen LogP contribution >= 0.6 is 0 Å². The zero-order valence-electron chi connectivity index (χ0n) is 7.09. The van der Waals surface area contributed by atoms with Gasteiger partial charge in [0.25, 0.3) is 0 Å². The maximum absolute atomic E-state index is 5.55. The summed E-state index contributed by atoms with van der Waals surface area (Å²) in [5, 5.41) is 0. The fourth-order valence-electron chi connectivity index (χ4n) is 1.18. The molecule has 0 aromatic carbocycles. The number of nitrogens with two attached hydrogens (primary N) is 1. The smallest absolute Gasteiger partial charge is 0.123 e. The van der Waals surface area contributed by atoms with Crippen molar-refractivity contribution in [3.8, 4) is 0 Å². The molecule has 2 nitrogen and oxygen atoms in total. The Hall–Kier alpha value is -1.05. The molecule has 0 saturated heterocycles. The summed E-state index contributed by atoms with van der Waals surface area (Å²) < 4.78 is 0. The molecule has 0 amide bonds. The minimum atomic E-state index is 0.624. The number of aryl methyl sites for hydroxylation is 2. The zero-order chi connectivity index (χ0) is 8.27. The molecular weight excluding hydrogens is 136 g/mol. The van der Waals surface area contributed by atoms with E-state index in [-0.39, 0.29) is 0 Å². The van der Waals surface area contributed by atoms with Crippen LogP contribution in [0.1, 0.15) is 25.1 Å². The molecule has 2 heteroatoms. The molecule has 1 aromatic heterocycles. The Morgan fingerprint density at radius 1 is 1.27 bits per heavy atom. The number of nitrogens with zero attached hydrogens (tertiary/aromatic N) is 1. The van der Waals surface area contributed by atoms with Crippen molar-refractivity contribution >= 4 is 5.82 Å². The van der Waals surface area contributed by atoms with E-state index in [9.17, 15) is 0 Å². The molecule has 0 aliphatic heterocycles. The molecular formula is C9H14N2. The van der Waals surface area contributed by atoms with Crippen LogP contribution in [0.15, 0.2) is 12.1 Å². The van der Waals surface area contributed by atoms with Gasteiger partial charge in [-0.25, -0.2) is 4.98 Å². The molecule has 0 unspecified atom stereocenters. The lowest BCUT2D eigenvalue weighted by atomic mass is 10.1. The summed E-state index contributed by atoms with van der Waals surface area (Å²) in [5.41, 5.74) is 7.99. The van der Waals surface area contributed by atoms with Crippen LogP contribution in [0.5, 0.6) is 0 Å². The summed E-state index contributed by atoms with van der Waals surface area (Å²) in [6.07, 6.45) is 2.00. The summed E-state index contributed by atoms with van der Waals surface area (Å²) in [6.45, 7) is 4.23. The highest BCUT2D eigenvalue weighted by atomic mass is 14.8. The van der Waals surface area contributed by atoms with Crippen LogP contribution in [0.25, 0.3) is 0 Å². The van der Waals surface area contributed by atoms with Gasteiger partial charge in [0.05, 0.1) is 0 Å². The van der Waals surface area contributed by atoms with Crippen molar-refractivity contribution in [2.45, 2.75) is 26.7 Å². The standard InChI is InChI=1S/C9H14N2/c1-3-7-5-6-9(10)11-8(7)4-2/h5-6H,3-4H2,1-2H3,(H2,10,11). The van der Waals surface area contributed by atoms with Crippen molar-refractivity contribution in [2.75, 3.05) is 5.73 Å². The Bertz CT molecular complexity index is 243. The van der Waals surface area contributed by atoms with Gasteiger partial charge in [-0.1, -0.05) is 19.9 Å². The molecule has 0 radical (unpaired) electrons. The predicted molar refractivity (Wildman–Crippen MR) is 47.4 cm³/mol. The van der Waals surface area contributed by atoms with Crippen LogP contribution in [-0.4, -0.2) is 4.98 Å². The minimum absolute atomic E-state index is 0.624. The van der Waals surface area contributed by atoms with E-state index in [1.807, 2.05) is 6.07 Å². The molecule has 1 rings (SSSR count). The van der Waals surface area contributed by atoms with Crippen LogP contribution in [0.2, 0.25) is 0 Å². The zero-order valence-corrected chi connectivity index (χ0v) is 7.09. The third kappa shape index (κ3) is 1.70. The number of rotatable bonds is 2. The van der Waals surface area contributed by atoms with Crippen LogP contribution in [-0.2, 0) is 12.8 Å². The third-order valence-electron chi connectivity index (χ3n) is 1.81. The maximum atomic E-state index is 5.55. The normalized spacial score (nSPS) is 10.0. The number of hydrogen-bond acceptors (Lipinski definition) is 2. The van der Waals surface area contributed by atoms with Gasteiger partial charge in [-0.3, -0.25) is 0 Å². The summed E-state index contributed by atoms with van der Waals surface area (Å²) in [7, 11) is 0. The molecule has 1 aromatic rings. The molecule has 11 heavy (non-hydrogen) atoms. The lowest BCUT2D eigenvalue weighted by Gasteiger charge is -2.04. The van der Waals surface area contributed by atoms with E-state index in [2.05, 4.69) is 24.9 Å². The van der Waals surface area contributed by atoms with Gasteiger partial charge in [-0.15, -0.1) is 0 Å². The minimum Gasteiger partial charge on any atom is -0.384 e. The first-order chi connectivity index (χ1) is 5.27. The number of nitrogen functional groups attached to an aromatic ring is 1. The molecule has 0 aliphatic carbocycles. The van der Waals surface area contributed by atoms with Gasteiger partial charge in [0.15, 0.2) is 0 Å². The number of anilines is 1. The van der Waals surface area contributed by atoms with Crippen LogP contribution in [0.4, 0.5) is 5.82 Å². The van der Waals surface area contributed by atoms with E-state index in [1.54, 1.807) is 0 Å². The van der Waals surface area contributed by atoms with Gasteiger partial charge in [-0.05, 0) is 24.5 Å². The van der Waals surface area contributed by atoms with Gasteiger partial charge in [0.2, 0.25) is 0 Å². The maximum Gasteiger partial charge on any atom is 0.123 e. The molecule has 0 saturated carbocycles. The Balaban J connectivity index is 3.06. The SMILES string of the molecule is CCc1ccc(N)nc1CC. The first kappa shape index (κ1) is 8.05. The highest BCUT2D eigenvalue weighted by molar-refractivity contribution is 5.34. The second-order valence-electron chi connectivity index (χ2n) is 2.55.